The maximum atomic E-state index is 12.8. The Labute approximate surface area is 188 Å². The molecule has 0 radical (unpaired) electrons. The van der Waals surface area contributed by atoms with E-state index in [1.807, 2.05) is 30.3 Å². The highest BCUT2D eigenvalue weighted by molar-refractivity contribution is 5.88. The molecule has 3 atom stereocenters. The lowest BCUT2D eigenvalue weighted by molar-refractivity contribution is -0.141. The van der Waals surface area contributed by atoms with Crippen molar-refractivity contribution in [2.45, 2.75) is 70.9 Å². The summed E-state index contributed by atoms with van der Waals surface area (Å²) in [5.41, 5.74) is 2.76. The lowest BCUT2D eigenvalue weighted by Crippen LogP contribution is -2.50. The molecule has 0 spiro atoms. The van der Waals surface area contributed by atoms with E-state index in [1.165, 1.54) is 9.96 Å². The van der Waals surface area contributed by atoms with Gasteiger partial charge in [-0.2, -0.15) is 5.06 Å². The molecule has 10 heteroatoms. The van der Waals surface area contributed by atoms with Crippen molar-refractivity contribution in [2.75, 3.05) is 13.2 Å². The van der Waals surface area contributed by atoms with E-state index in [2.05, 4.69) is 10.8 Å². The second-order valence-corrected chi connectivity index (χ2v) is 9.09. The van der Waals surface area contributed by atoms with Crippen LogP contribution in [0.25, 0.3) is 0 Å². The molecule has 2 N–H and O–H groups in total. The minimum atomic E-state index is -0.627. The first-order valence-electron chi connectivity index (χ1n) is 10.8. The number of hydrogen-bond donors (Lipinski definition) is 2. The second kappa shape index (κ2) is 10.2. The number of piperidine rings is 1. The van der Waals surface area contributed by atoms with Gasteiger partial charge in [-0.15, -0.1) is 0 Å². The van der Waals surface area contributed by atoms with Crippen LogP contribution >= 0.6 is 0 Å². The Bertz CT molecular complexity index is 812. The van der Waals surface area contributed by atoms with Crippen LogP contribution in [0.4, 0.5) is 9.59 Å². The fourth-order valence-electron chi connectivity index (χ4n) is 3.65. The number of rotatable bonds is 8. The van der Waals surface area contributed by atoms with Gasteiger partial charge in [-0.1, -0.05) is 30.3 Å². The Kier molecular flexibility index (Phi) is 7.57. The average Bonchev–Trinajstić information content (AvgIpc) is 2.95. The molecule has 2 heterocycles. The molecule has 2 aliphatic heterocycles. The molecule has 0 aliphatic carbocycles. The smallest absolute Gasteiger partial charge is 0.407 e. The normalized spacial score (nSPS) is 21.3. The molecule has 10 nitrogen and oxygen atoms in total. The van der Waals surface area contributed by atoms with Gasteiger partial charge in [0.25, 0.3) is 5.91 Å². The van der Waals surface area contributed by atoms with Crippen molar-refractivity contribution in [2.24, 2.45) is 0 Å². The monoisotopic (exact) mass is 448 g/mol. The summed E-state index contributed by atoms with van der Waals surface area (Å²) in [6.45, 7) is 7.83. The van der Waals surface area contributed by atoms with Crippen molar-refractivity contribution in [3.8, 4) is 0 Å². The van der Waals surface area contributed by atoms with Crippen molar-refractivity contribution in [3.05, 3.63) is 35.9 Å². The minimum absolute atomic E-state index is 0.0561. The maximum Gasteiger partial charge on any atom is 0.407 e. The van der Waals surface area contributed by atoms with Crippen molar-refractivity contribution in [3.63, 3.8) is 0 Å². The zero-order chi connectivity index (χ0) is 23.3. The van der Waals surface area contributed by atoms with E-state index in [0.29, 0.717) is 26.0 Å². The summed E-state index contributed by atoms with van der Waals surface area (Å²) >= 11 is 0. The Balaban J connectivity index is 1.43. The van der Waals surface area contributed by atoms with Gasteiger partial charge < -0.3 is 15.0 Å². The fourth-order valence-corrected chi connectivity index (χ4v) is 3.65. The predicted octanol–water partition coefficient (Wildman–Crippen LogP) is 2.35. The van der Waals surface area contributed by atoms with Gasteiger partial charge in [0.1, 0.15) is 18.2 Å². The number of hydroxylamine groups is 3. The molecular weight excluding hydrogens is 416 g/mol. The van der Waals surface area contributed by atoms with E-state index >= 15 is 0 Å². The summed E-state index contributed by atoms with van der Waals surface area (Å²) in [6, 6.07) is 8.21. The van der Waals surface area contributed by atoms with Gasteiger partial charge in [0, 0.05) is 6.54 Å². The van der Waals surface area contributed by atoms with Crippen LogP contribution in [0.1, 0.15) is 46.1 Å². The zero-order valence-corrected chi connectivity index (χ0v) is 19.0. The van der Waals surface area contributed by atoms with E-state index in [-0.39, 0.29) is 24.7 Å². The van der Waals surface area contributed by atoms with Crippen LogP contribution in [0.15, 0.2) is 30.3 Å². The molecule has 1 unspecified atom stereocenters. The number of carbonyl (C=O) groups is 3. The first-order valence-corrected chi connectivity index (χ1v) is 10.8. The molecule has 1 aromatic rings. The molecule has 32 heavy (non-hydrogen) atoms. The van der Waals surface area contributed by atoms with Crippen molar-refractivity contribution in [1.29, 1.82) is 0 Å². The lowest BCUT2D eigenvalue weighted by atomic mass is 10.0. The van der Waals surface area contributed by atoms with E-state index in [4.69, 9.17) is 14.4 Å². The van der Waals surface area contributed by atoms with Gasteiger partial charge >= 0.3 is 12.1 Å². The van der Waals surface area contributed by atoms with Gasteiger partial charge in [0.15, 0.2) is 0 Å². The van der Waals surface area contributed by atoms with Gasteiger partial charge in [-0.25, -0.2) is 15.1 Å². The third kappa shape index (κ3) is 6.33. The summed E-state index contributed by atoms with van der Waals surface area (Å²) in [5.74, 6) is -0.397. The number of benzene rings is 1. The van der Waals surface area contributed by atoms with Gasteiger partial charge in [-0.3, -0.25) is 14.5 Å². The highest BCUT2D eigenvalue weighted by atomic mass is 16.7. The number of fused-ring (bicyclic) bond motifs is 2. The Morgan fingerprint density at radius 2 is 1.91 bits per heavy atom. The van der Waals surface area contributed by atoms with Crippen LogP contribution in [0.2, 0.25) is 0 Å². The van der Waals surface area contributed by atoms with Crippen LogP contribution in [0, 0.1) is 0 Å². The summed E-state index contributed by atoms with van der Waals surface area (Å²) in [5, 5.41) is 4.01. The SMILES string of the molecule is C[C@@H](CONC(=O)C1CC[C@@H]2CN1C(=O)N2OCc1ccccc1)NC(=O)OC(C)(C)C. The number of nitrogens with one attached hydrogen (secondary N) is 2. The van der Waals surface area contributed by atoms with Crippen LogP contribution in [0.3, 0.4) is 0 Å². The van der Waals surface area contributed by atoms with Crippen molar-refractivity contribution < 1.29 is 28.8 Å². The van der Waals surface area contributed by atoms with Crippen molar-refractivity contribution >= 4 is 18.0 Å². The van der Waals surface area contributed by atoms with Gasteiger partial charge in [0.2, 0.25) is 0 Å². The molecule has 0 saturated carbocycles. The highest BCUT2D eigenvalue weighted by Crippen LogP contribution is 2.30. The van der Waals surface area contributed by atoms with Gasteiger partial charge in [0.05, 0.1) is 18.7 Å². The lowest BCUT2D eigenvalue weighted by Gasteiger charge is -2.29. The highest BCUT2D eigenvalue weighted by Gasteiger charge is 2.48. The average molecular weight is 449 g/mol. The molecule has 3 rings (SSSR count). The minimum Gasteiger partial charge on any atom is -0.444 e. The molecule has 2 bridgehead atoms. The van der Waals surface area contributed by atoms with E-state index in [9.17, 15) is 14.4 Å². The van der Waals surface area contributed by atoms with Crippen LogP contribution < -0.4 is 10.8 Å². The molecule has 2 saturated heterocycles. The number of ether oxygens (including phenoxy) is 1. The molecule has 4 amide bonds. The summed E-state index contributed by atoms with van der Waals surface area (Å²) in [4.78, 5) is 49.7. The Hall–Kier alpha value is -2.85. The second-order valence-electron chi connectivity index (χ2n) is 9.09. The topological polar surface area (TPSA) is 109 Å². The largest absolute Gasteiger partial charge is 0.444 e. The number of urea groups is 1. The fraction of sp³-hybridized carbons (Fsp3) is 0.591. The first-order chi connectivity index (χ1) is 15.1. The van der Waals surface area contributed by atoms with Crippen LogP contribution in [-0.2, 0) is 25.8 Å². The molecule has 0 aromatic heterocycles. The Morgan fingerprint density at radius 3 is 2.59 bits per heavy atom. The van der Waals surface area contributed by atoms with Crippen molar-refractivity contribution in [1.82, 2.24) is 20.8 Å². The summed E-state index contributed by atoms with van der Waals surface area (Å²) in [7, 11) is 0. The number of alkyl carbamates (subject to hydrolysis) is 1. The van der Waals surface area contributed by atoms with Gasteiger partial charge in [-0.05, 0) is 46.1 Å². The predicted molar refractivity (Wildman–Crippen MR) is 115 cm³/mol. The number of amides is 4. The molecule has 2 aliphatic rings. The third-order valence-corrected chi connectivity index (χ3v) is 5.11. The van der Waals surface area contributed by atoms with Crippen LogP contribution in [0.5, 0.6) is 0 Å². The Morgan fingerprint density at radius 1 is 1.19 bits per heavy atom. The quantitative estimate of drug-likeness (QED) is 0.591. The molecule has 2 fully saturated rings. The van der Waals surface area contributed by atoms with E-state index in [0.717, 1.165) is 5.56 Å². The third-order valence-electron chi connectivity index (χ3n) is 5.11. The van der Waals surface area contributed by atoms with Crippen LogP contribution in [-0.4, -0.2) is 64.9 Å². The molecule has 176 valence electrons. The summed E-state index contributed by atoms with van der Waals surface area (Å²) < 4.78 is 5.18. The maximum absolute atomic E-state index is 12.8. The molecule has 1 aromatic carbocycles. The zero-order valence-electron chi connectivity index (χ0n) is 19.0. The number of nitrogens with zero attached hydrogens (tertiary/aromatic N) is 2. The first kappa shape index (κ1) is 23.8. The standard InChI is InChI=1S/C22H32N4O6/c1-15(23-20(28)32-22(2,3)4)13-30-24-19(27)18-11-10-17-12-25(18)21(29)26(17)31-14-16-8-6-5-7-9-16/h5-9,15,17-18H,10-14H2,1-4H3,(H,23,28)(H,24,27)/t15-,17+,18?/m0/s1. The van der Waals surface area contributed by atoms with E-state index < -0.39 is 23.6 Å². The number of hydrogen-bond acceptors (Lipinski definition) is 6. The summed E-state index contributed by atoms with van der Waals surface area (Å²) in [6.07, 6.45) is 0.616. The number of carbonyl (C=O) groups excluding carboxylic acids is 3. The molecular formula is C22H32N4O6. The van der Waals surface area contributed by atoms with E-state index in [1.54, 1.807) is 27.7 Å².